The number of rotatable bonds is 8. The second kappa shape index (κ2) is 11.3. The van der Waals surface area contributed by atoms with Gasteiger partial charge in [-0.05, 0) is 43.5 Å². The quantitative estimate of drug-likeness (QED) is 0.510. The maximum Gasteiger partial charge on any atom is 0.418 e. The number of hydrogen-bond donors (Lipinski definition) is 2. The van der Waals surface area contributed by atoms with Gasteiger partial charge in [0.2, 0.25) is 5.91 Å². The number of amides is 3. The summed E-state index contributed by atoms with van der Waals surface area (Å²) in [7, 11) is 0. The van der Waals surface area contributed by atoms with Crippen LogP contribution in [-0.4, -0.2) is 68.4 Å². The average Bonchev–Trinajstić information content (AvgIpc) is 3.30. The third kappa shape index (κ3) is 6.03. The number of nitrogens with two attached hydrogens (primary N) is 1. The molecule has 38 heavy (non-hydrogen) atoms. The van der Waals surface area contributed by atoms with E-state index >= 15 is 0 Å². The summed E-state index contributed by atoms with van der Waals surface area (Å²) in [6, 6.07) is 9.71. The molecule has 0 aliphatic carbocycles. The van der Waals surface area contributed by atoms with Crippen molar-refractivity contribution in [1.82, 2.24) is 10.2 Å². The van der Waals surface area contributed by atoms with E-state index in [4.69, 9.17) is 5.73 Å². The van der Waals surface area contributed by atoms with Gasteiger partial charge in [-0.3, -0.25) is 14.4 Å². The summed E-state index contributed by atoms with van der Waals surface area (Å²) in [4.78, 5) is 42.1. The fraction of sp³-hybridized carbons (Fsp3) is 0.444. The van der Waals surface area contributed by atoms with Crippen LogP contribution in [0.4, 0.5) is 24.5 Å². The van der Waals surface area contributed by atoms with Crippen LogP contribution in [0.25, 0.3) is 0 Å². The fourth-order valence-electron chi connectivity index (χ4n) is 5.11. The molecule has 2 aromatic rings. The topological polar surface area (TPSA) is 99.0 Å². The van der Waals surface area contributed by atoms with Gasteiger partial charge in [0.25, 0.3) is 11.8 Å². The van der Waals surface area contributed by atoms with Crippen LogP contribution in [0.1, 0.15) is 51.1 Å². The van der Waals surface area contributed by atoms with Crippen LogP contribution in [0.3, 0.4) is 0 Å². The van der Waals surface area contributed by atoms with Gasteiger partial charge < -0.3 is 25.8 Å². The molecule has 2 heterocycles. The molecule has 0 aromatic heterocycles. The lowest BCUT2D eigenvalue weighted by Gasteiger charge is -2.39. The van der Waals surface area contributed by atoms with E-state index in [1.807, 2.05) is 31.2 Å². The van der Waals surface area contributed by atoms with Crippen LogP contribution >= 0.6 is 0 Å². The molecule has 3 N–H and O–H groups in total. The molecule has 0 saturated carbocycles. The molecule has 11 heteroatoms. The average molecular weight is 532 g/mol. The maximum atomic E-state index is 14.2. The maximum absolute atomic E-state index is 14.2. The SMILES string of the molecule is Cc1ccccc1N1CCN(c2c(C(N)=O)cc(C(=O)NCCCN3CCCC3=O)cc2C(F)(F)F)CC1. The molecule has 2 aliphatic heterocycles. The van der Waals surface area contributed by atoms with Gasteiger partial charge in [-0.25, -0.2) is 0 Å². The number of nitrogens with zero attached hydrogens (tertiary/aromatic N) is 3. The van der Waals surface area contributed by atoms with Gasteiger partial charge in [0.1, 0.15) is 0 Å². The van der Waals surface area contributed by atoms with Crippen LogP contribution in [0, 0.1) is 6.92 Å². The Bertz CT molecular complexity index is 1210. The number of piperazine rings is 1. The predicted molar refractivity (Wildman–Crippen MR) is 138 cm³/mol. The molecular formula is C27H32F3N5O3. The van der Waals surface area contributed by atoms with Gasteiger partial charge in [0.05, 0.1) is 16.8 Å². The smallest absolute Gasteiger partial charge is 0.368 e. The summed E-state index contributed by atoms with van der Waals surface area (Å²) in [5.41, 5.74) is 5.63. The fourth-order valence-corrected chi connectivity index (χ4v) is 5.11. The minimum absolute atomic E-state index is 0.0626. The first-order valence-corrected chi connectivity index (χ1v) is 12.7. The summed E-state index contributed by atoms with van der Waals surface area (Å²) in [6.45, 7) is 4.71. The standard InChI is InChI=1S/C27H32F3N5O3/c1-18-6-2-3-7-22(18)33-12-14-35(15-13-33)24-20(25(31)37)16-19(17-21(24)27(28,29)30)26(38)32-9-5-11-34-10-4-8-23(34)36/h2-3,6-7,16-17H,4-5,8-15H2,1H3,(H2,31,37)(H,32,38). The number of hydrogen-bond acceptors (Lipinski definition) is 5. The zero-order valence-corrected chi connectivity index (χ0v) is 21.3. The highest BCUT2D eigenvalue weighted by Crippen LogP contribution is 2.40. The Balaban J connectivity index is 1.52. The van der Waals surface area contributed by atoms with Crippen LogP contribution in [0.5, 0.6) is 0 Å². The molecular weight excluding hydrogens is 499 g/mol. The van der Waals surface area contributed by atoms with Gasteiger partial charge in [-0.15, -0.1) is 0 Å². The van der Waals surface area contributed by atoms with E-state index in [0.29, 0.717) is 39.0 Å². The summed E-state index contributed by atoms with van der Waals surface area (Å²) >= 11 is 0. The number of carbonyl (C=O) groups excluding carboxylic acids is 3. The van der Waals surface area contributed by atoms with Crippen molar-refractivity contribution >= 4 is 29.1 Å². The third-order valence-electron chi connectivity index (χ3n) is 7.06. The van der Waals surface area contributed by atoms with Crippen LogP contribution in [0.15, 0.2) is 36.4 Å². The van der Waals surface area contributed by atoms with Crippen molar-refractivity contribution in [1.29, 1.82) is 0 Å². The zero-order valence-electron chi connectivity index (χ0n) is 21.3. The van der Waals surface area contributed by atoms with Crippen LogP contribution in [0.2, 0.25) is 0 Å². The van der Waals surface area contributed by atoms with Crippen molar-refractivity contribution in [3.63, 3.8) is 0 Å². The highest BCUT2D eigenvalue weighted by Gasteiger charge is 2.39. The monoisotopic (exact) mass is 531 g/mol. The van der Waals surface area contributed by atoms with E-state index in [9.17, 15) is 27.6 Å². The molecule has 2 aromatic carbocycles. The molecule has 2 aliphatic rings. The summed E-state index contributed by atoms with van der Waals surface area (Å²) in [5.74, 6) is -1.71. The highest BCUT2D eigenvalue weighted by molar-refractivity contribution is 6.04. The number of nitrogens with one attached hydrogen (secondary N) is 1. The van der Waals surface area contributed by atoms with Crippen molar-refractivity contribution in [2.75, 3.05) is 55.6 Å². The number of primary amides is 1. The largest absolute Gasteiger partial charge is 0.418 e. The predicted octanol–water partition coefficient (Wildman–Crippen LogP) is 3.18. The highest BCUT2D eigenvalue weighted by atomic mass is 19.4. The molecule has 3 amide bonds. The Morgan fingerprint density at radius 3 is 2.32 bits per heavy atom. The van der Waals surface area contributed by atoms with Gasteiger partial charge >= 0.3 is 6.18 Å². The van der Waals surface area contributed by atoms with Gasteiger partial charge in [0.15, 0.2) is 0 Å². The van der Waals surface area contributed by atoms with Crippen molar-refractivity contribution in [3.8, 4) is 0 Å². The molecule has 8 nitrogen and oxygen atoms in total. The lowest BCUT2D eigenvalue weighted by Crippen LogP contribution is -2.48. The van der Waals surface area contributed by atoms with E-state index in [-0.39, 0.29) is 42.4 Å². The molecule has 0 bridgehead atoms. The number of carbonyl (C=O) groups is 3. The van der Waals surface area contributed by atoms with Gasteiger partial charge in [-0.2, -0.15) is 13.2 Å². The first-order chi connectivity index (χ1) is 18.1. The molecule has 0 radical (unpaired) electrons. The van der Waals surface area contributed by atoms with Crippen molar-refractivity contribution < 1.29 is 27.6 Å². The number of benzene rings is 2. The second-order valence-corrected chi connectivity index (χ2v) is 9.64. The number of anilines is 2. The normalized spacial score (nSPS) is 16.2. The van der Waals surface area contributed by atoms with Crippen molar-refractivity contribution in [2.45, 2.75) is 32.4 Å². The van der Waals surface area contributed by atoms with Crippen LogP contribution in [-0.2, 0) is 11.0 Å². The Hall–Kier alpha value is -3.76. The minimum atomic E-state index is -4.81. The van der Waals surface area contributed by atoms with E-state index in [1.165, 1.54) is 4.90 Å². The number of likely N-dealkylation sites (tertiary alicyclic amines) is 1. The van der Waals surface area contributed by atoms with E-state index in [1.54, 1.807) is 4.90 Å². The third-order valence-corrected chi connectivity index (χ3v) is 7.06. The molecule has 2 saturated heterocycles. The van der Waals surface area contributed by atoms with Crippen LogP contribution < -0.4 is 20.9 Å². The zero-order chi connectivity index (χ0) is 27.4. The van der Waals surface area contributed by atoms with E-state index in [2.05, 4.69) is 10.2 Å². The second-order valence-electron chi connectivity index (χ2n) is 9.64. The first kappa shape index (κ1) is 27.3. The summed E-state index contributed by atoms with van der Waals surface area (Å²) in [5, 5.41) is 2.59. The molecule has 0 spiro atoms. The minimum Gasteiger partial charge on any atom is -0.368 e. The van der Waals surface area contributed by atoms with Crippen molar-refractivity contribution in [3.05, 3.63) is 58.7 Å². The number of halogens is 3. The molecule has 0 atom stereocenters. The van der Waals surface area contributed by atoms with Gasteiger partial charge in [0, 0.05) is 63.5 Å². The molecule has 0 unspecified atom stereocenters. The van der Waals surface area contributed by atoms with Gasteiger partial charge in [-0.1, -0.05) is 18.2 Å². The Morgan fingerprint density at radius 1 is 1.03 bits per heavy atom. The lowest BCUT2D eigenvalue weighted by atomic mass is 9.99. The number of alkyl halides is 3. The van der Waals surface area contributed by atoms with E-state index in [0.717, 1.165) is 29.8 Å². The Labute approximate surface area is 219 Å². The molecule has 2 fully saturated rings. The lowest BCUT2D eigenvalue weighted by molar-refractivity contribution is -0.137. The first-order valence-electron chi connectivity index (χ1n) is 12.7. The summed E-state index contributed by atoms with van der Waals surface area (Å²) in [6.07, 6.45) is -3.03. The Morgan fingerprint density at radius 2 is 1.71 bits per heavy atom. The molecule has 204 valence electrons. The number of aryl methyl sites for hydroxylation is 1. The molecule has 4 rings (SSSR count). The number of para-hydroxylation sites is 1. The summed E-state index contributed by atoms with van der Waals surface area (Å²) < 4.78 is 42.7. The Kier molecular flexibility index (Phi) is 8.13. The van der Waals surface area contributed by atoms with Crippen molar-refractivity contribution in [2.24, 2.45) is 5.73 Å². The van der Waals surface area contributed by atoms with E-state index < -0.39 is 23.6 Å².